The molecular formula is C30H32FN5O5S. The number of nitrogens with one attached hydrogen (secondary N) is 1. The molecule has 220 valence electrons. The molecule has 0 radical (unpaired) electrons. The zero-order valence-electron chi connectivity index (χ0n) is 33.3. The lowest BCUT2D eigenvalue weighted by Crippen LogP contribution is -2.45. The summed E-state index contributed by atoms with van der Waals surface area (Å²) in [6.45, 7) is -10.2. The van der Waals surface area contributed by atoms with Crippen LogP contribution in [0, 0.1) is 12.7 Å². The number of hydrogen-bond acceptors (Lipinski definition) is 9. The molecule has 0 spiro atoms. The second-order valence-corrected chi connectivity index (χ2v) is 11.1. The Morgan fingerprint density at radius 3 is 2.71 bits per heavy atom. The number of aliphatic hydroxyl groups is 1. The molecule has 1 aliphatic heterocycles. The molecule has 2 atom stereocenters. The third-order valence-corrected chi connectivity index (χ3v) is 7.52. The number of carbonyl (C=O) groups excluding carboxylic acids is 1. The van der Waals surface area contributed by atoms with E-state index in [0.29, 0.717) is 10.3 Å². The number of fused-ring (bicyclic) bond motifs is 1. The molecule has 10 nitrogen and oxygen atoms in total. The van der Waals surface area contributed by atoms with Gasteiger partial charge in [-0.2, -0.15) is 0 Å². The van der Waals surface area contributed by atoms with E-state index in [4.69, 9.17) is 19.8 Å². The SMILES string of the molecule is [2H]C([2H])(O)CS(=O)(=O)c1cc(C(=O)NCc2cc3nc(-c4cc(F)cc(N5C([2H])([2H])C([2H])(C)OC([2H])(C)C5([2H])[2H])n4)ccc3cn2)ccc1C([2H])([2H])[2H]. The van der Waals surface area contributed by atoms with Crippen LogP contribution in [0.1, 0.15) is 50.5 Å². The standard InChI is InChI=1S/C30H32FN5O5S/c1-18-4-5-21(10-28(18)42(39,40)9-8-37)30(38)33-15-24-13-26-22(14-32-24)6-7-25(34-26)27-11-23(31)12-29(35-27)36-16-19(2)41-20(3)17-36/h4-7,10-14,19-20,37H,8-9,15-17H2,1-3H3,(H,33,38)/i1D3,8D2,16D2,17D2,19D,20D. The lowest BCUT2D eigenvalue weighted by atomic mass is 10.1. The highest BCUT2D eigenvalue weighted by atomic mass is 32.2. The Kier molecular flexibility index (Phi) is 5.33. The number of ether oxygens (including phenoxy) is 1. The van der Waals surface area contributed by atoms with Crippen molar-refractivity contribution in [1.82, 2.24) is 20.3 Å². The van der Waals surface area contributed by atoms with Crippen LogP contribution in [0.15, 0.2) is 59.6 Å². The first kappa shape index (κ1) is 18.5. The molecule has 0 saturated carbocycles. The fourth-order valence-electron chi connectivity index (χ4n) is 4.12. The zero-order chi connectivity index (χ0) is 39.7. The normalized spacial score (nSPS) is 27.8. The predicted octanol–water partition coefficient (Wildman–Crippen LogP) is 3.45. The summed E-state index contributed by atoms with van der Waals surface area (Å²) < 4.78 is 134. The maximum Gasteiger partial charge on any atom is 0.251 e. The Bertz CT molecular complexity index is 2190. The molecule has 1 saturated heterocycles. The van der Waals surface area contributed by atoms with Gasteiger partial charge in [0.15, 0.2) is 9.84 Å². The number of morpholine rings is 1. The number of halogens is 1. The lowest BCUT2D eigenvalue weighted by molar-refractivity contribution is -0.00547. The van der Waals surface area contributed by atoms with Crippen molar-refractivity contribution in [3.8, 4) is 11.4 Å². The van der Waals surface area contributed by atoms with Gasteiger partial charge in [-0.1, -0.05) is 6.07 Å². The minimum absolute atomic E-state index is 0.0615. The third kappa shape index (κ3) is 6.56. The van der Waals surface area contributed by atoms with E-state index in [-0.39, 0.29) is 34.7 Å². The van der Waals surface area contributed by atoms with E-state index in [2.05, 4.69) is 20.3 Å². The molecule has 1 fully saturated rings. The smallest absolute Gasteiger partial charge is 0.251 e. The molecule has 2 unspecified atom stereocenters. The molecule has 0 bridgehead atoms. The first-order valence-corrected chi connectivity index (χ1v) is 14.0. The number of pyridine rings is 3. The van der Waals surface area contributed by atoms with Crippen molar-refractivity contribution >= 4 is 32.5 Å². The first-order valence-electron chi connectivity index (χ1n) is 17.9. The number of benzene rings is 1. The number of aryl methyl sites for hydroxylation is 1. The van der Waals surface area contributed by atoms with E-state index in [1.807, 2.05) is 0 Å². The van der Waals surface area contributed by atoms with Crippen LogP contribution < -0.4 is 10.2 Å². The lowest BCUT2D eigenvalue weighted by Gasteiger charge is -2.36. The molecule has 0 aliphatic carbocycles. The minimum Gasteiger partial charge on any atom is -0.395 e. The van der Waals surface area contributed by atoms with Gasteiger partial charge in [0.25, 0.3) is 5.91 Å². The average molecular weight is 605 g/mol. The summed E-state index contributed by atoms with van der Waals surface area (Å²) in [5, 5.41) is 12.5. The van der Waals surface area contributed by atoms with Gasteiger partial charge in [-0.25, -0.2) is 22.8 Å². The maximum atomic E-state index is 15.1. The Morgan fingerprint density at radius 2 is 1.98 bits per heavy atom. The molecule has 12 heteroatoms. The summed E-state index contributed by atoms with van der Waals surface area (Å²) in [5.41, 5.74) is -0.518. The summed E-state index contributed by atoms with van der Waals surface area (Å²) in [6.07, 6.45) is -3.53. The second kappa shape index (κ2) is 12.1. The molecule has 2 N–H and O–H groups in total. The van der Waals surface area contributed by atoms with Crippen molar-refractivity contribution in [2.75, 3.05) is 30.2 Å². The monoisotopic (exact) mass is 604 g/mol. The summed E-state index contributed by atoms with van der Waals surface area (Å²) in [5.74, 6) is -3.81. The van der Waals surface area contributed by atoms with E-state index >= 15 is 4.39 Å². The van der Waals surface area contributed by atoms with Crippen LogP contribution in [-0.4, -0.2) is 71.8 Å². The van der Waals surface area contributed by atoms with Gasteiger partial charge in [0, 0.05) is 46.4 Å². The third-order valence-electron chi connectivity index (χ3n) is 6.01. The molecule has 3 aromatic heterocycles. The van der Waals surface area contributed by atoms with Gasteiger partial charge < -0.3 is 20.1 Å². The molecule has 1 amide bonds. The summed E-state index contributed by atoms with van der Waals surface area (Å²) >= 11 is 0. The molecule has 5 rings (SSSR count). The molecular weight excluding hydrogens is 561 g/mol. The number of hydrogen-bond donors (Lipinski definition) is 2. The summed E-state index contributed by atoms with van der Waals surface area (Å²) in [4.78, 5) is 25.6. The van der Waals surface area contributed by atoms with Gasteiger partial charge in [0.2, 0.25) is 0 Å². The van der Waals surface area contributed by atoms with Crippen molar-refractivity contribution in [1.29, 1.82) is 0 Å². The van der Waals surface area contributed by atoms with Gasteiger partial charge in [-0.15, -0.1) is 0 Å². The van der Waals surface area contributed by atoms with Gasteiger partial charge in [0.1, 0.15) is 11.6 Å². The number of amides is 1. The Balaban J connectivity index is 1.44. The molecule has 1 aromatic carbocycles. The highest BCUT2D eigenvalue weighted by Gasteiger charge is 2.24. The van der Waals surface area contributed by atoms with Crippen LogP contribution in [0.2, 0.25) is 0 Å². The van der Waals surface area contributed by atoms with Crippen molar-refractivity contribution in [3.05, 3.63) is 77.4 Å². The van der Waals surface area contributed by atoms with E-state index in [1.54, 1.807) is 6.07 Å². The molecule has 4 heterocycles. The average Bonchev–Trinajstić information content (AvgIpc) is 2.99. The molecule has 42 heavy (non-hydrogen) atoms. The van der Waals surface area contributed by atoms with Crippen molar-refractivity contribution in [2.24, 2.45) is 0 Å². The Morgan fingerprint density at radius 1 is 1.19 bits per heavy atom. The van der Waals surface area contributed by atoms with Crippen LogP contribution in [0.4, 0.5) is 10.2 Å². The number of rotatable bonds is 8. The fraction of sp³-hybridized carbons (Fsp3) is 0.333. The predicted molar refractivity (Wildman–Crippen MR) is 156 cm³/mol. The number of aromatic nitrogens is 3. The number of carbonyl (C=O) groups is 1. The van der Waals surface area contributed by atoms with Gasteiger partial charge in [-0.3, -0.25) is 9.78 Å². The van der Waals surface area contributed by atoms with Crippen LogP contribution in [-0.2, 0) is 21.1 Å². The van der Waals surface area contributed by atoms with Crippen molar-refractivity contribution in [3.63, 3.8) is 0 Å². The number of sulfone groups is 1. The largest absolute Gasteiger partial charge is 0.395 e. The van der Waals surface area contributed by atoms with Crippen LogP contribution in [0.3, 0.4) is 0 Å². The quantitative estimate of drug-likeness (QED) is 0.310. The van der Waals surface area contributed by atoms with Gasteiger partial charge >= 0.3 is 0 Å². The zero-order valence-corrected chi connectivity index (χ0v) is 23.1. The number of anilines is 1. The van der Waals surface area contributed by atoms with E-state index in [1.165, 1.54) is 18.3 Å². The molecule has 1 aliphatic rings. The van der Waals surface area contributed by atoms with Crippen molar-refractivity contribution in [2.45, 2.75) is 44.3 Å². The van der Waals surface area contributed by atoms with Gasteiger partial charge in [-0.05, 0) is 56.6 Å². The molecule has 4 aromatic rings. The highest BCUT2D eigenvalue weighted by molar-refractivity contribution is 7.91. The Labute approximate surface area is 259 Å². The second-order valence-electron chi connectivity index (χ2n) is 9.18. The van der Waals surface area contributed by atoms with E-state index in [9.17, 15) is 18.3 Å². The van der Waals surface area contributed by atoms with Crippen molar-refractivity contribution < 1.29 is 42.5 Å². The van der Waals surface area contributed by atoms with Crippen LogP contribution in [0.5, 0.6) is 0 Å². The topological polar surface area (TPSA) is 135 Å². The van der Waals surface area contributed by atoms with Crippen LogP contribution >= 0.6 is 0 Å². The Hall–Kier alpha value is -4.00. The number of nitrogens with zero attached hydrogens (tertiary/aromatic N) is 4. The highest BCUT2D eigenvalue weighted by Crippen LogP contribution is 2.26. The summed E-state index contributed by atoms with van der Waals surface area (Å²) in [7, 11) is -4.72. The van der Waals surface area contributed by atoms with E-state index < -0.39 is 82.2 Å². The first-order chi connectivity index (χ1) is 24.1. The van der Waals surface area contributed by atoms with Gasteiger partial charge in [0.05, 0.1) is 69.5 Å². The maximum absolute atomic E-state index is 15.1. The summed E-state index contributed by atoms with van der Waals surface area (Å²) in [6, 6.07) is 9.00. The van der Waals surface area contributed by atoms with E-state index in [0.717, 1.165) is 44.2 Å². The minimum atomic E-state index is -4.72. The van der Waals surface area contributed by atoms with Crippen LogP contribution in [0.25, 0.3) is 22.3 Å². The fourth-order valence-corrected chi connectivity index (χ4v) is 5.15.